The molecule has 2 aliphatic rings. The van der Waals surface area contributed by atoms with Crippen molar-refractivity contribution < 1.29 is 14.6 Å². The highest BCUT2D eigenvalue weighted by molar-refractivity contribution is 9.10. The minimum atomic E-state index is -0.173. The van der Waals surface area contributed by atoms with Crippen molar-refractivity contribution in [3.63, 3.8) is 0 Å². The lowest BCUT2D eigenvalue weighted by Crippen LogP contribution is -2.37. The molecule has 38 heavy (non-hydrogen) atoms. The smallest absolute Gasteiger partial charge is 0.214 e. The van der Waals surface area contributed by atoms with Crippen LogP contribution in [0.5, 0.6) is 11.6 Å². The van der Waals surface area contributed by atoms with Crippen LogP contribution >= 0.6 is 28.1 Å². The zero-order valence-electron chi connectivity index (χ0n) is 21.7. The first-order valence-electron chi connectivity index (χ1n) is 13.3. The maximum Gasteiger partial charge on any atom is 0.214 e. The van der Waals surface area contributed by atoms with Crippen molar-refractivity contribution in [2.75, 3.05) is 39.5 Å². The van der Waals surface area contributed by atoms with Gasteiger partial charge in [-0.2, -0.15) is 0 Å². The summed E-state index contributed by atoms with van der Waals surface area (Å²) < 4.78 is 17.1. The van der Waals surface area contributed by atoms with Gasteiger partial charge in [0.05, 0.1) is 25.5 Å². The number of H-pyrrole nitrogens is 1. The fourth-order valence-electron chi connectivity index (χ4n) is 5.79. The van der Waals surface area contributed by atoms with Gasteiger partial charge in [0, 0.05) is 53.2 Å². The largest absolute Gasteiger partial charge is 0.494 e. The standard InChI is InChI=1S/C29H33BrN4O3S/c1-18(2)33-28(35)25-17-23-22-16-20(30)6-9-24(22)31-26(23)27(34(25)29(33)38)19-4-7-21(8-5-19)37-13-3-10-32-11-14-36-15-12-32/h4-9,16,18,27,31,35H,3,10-15,17H2,1-2H3. The number of hydrogen-bond acceptors (Lipinski definition) is 5. The summed E-state index contributed by atoms with van der Waals surface area (Å²) in [7, 11) is 0. The second-order valence-corrected chi connectivity index (χ2v) is 11.7. The number of ether oxygens (including phenoxy) is 2. The minimum absolute atomic E-state index is 0.0544. The first kappa shape index (κ1) is 25.7. The summed E-state index contributed by atoms with van der Waals surface area (Å²) in [6.07, 6.45) is 1.60. The molecule has 1 fully saturated rings. The molecule has 7 nitrogen and oxygen atoms in total. The lowest BCUT2D eigenvalue weighted by molar-refractivity contribution is 0.0358. The number of morpholine rings is 1. The van der Waals surface area contributed by atoms with Gasteiger partial charge in [0.2, 0.25) is 5.88 Å². The maximum atomic E-state index is 11.3. The van der Waals surface area contributed by atoms with Crippen molar-refractivity contribution in [3.05, 3.63) is 74.2 Å². The maximum absolute atomic E-state index is 11.3. The van der Waals surface area contributed by atoms with Crippen molar-refractivity contribution >= 4 is 39.1 Å². The van der Waals surface area contributed by atoms with Gasteiger partial charge in [-0.05, 0) is 73.9 Å². The molecule has 6 rings (SSSR count). The Balaban J connectivity index is 1.32. The van der Waals surface area contributed by atoms with Gasteiger partial charge in [-0.15, -0.1) is 0 Å². The summed E-state index contributed by atoms with van der Waals surface area (Å²) >= 11 is 9.57. The van der Waals surface area contributed by atoms with E-state index in [2.05, 4.69) is 54.6 Å². The van der Waals surface area contributed by atoms with Gasteiger partial charge in [-0.25, -0.2) is 0 Å². The van der Waals surface area contributed by atoms with Gasteiger partial charge >= 0.3 is 0 Å². The summed E-state index contributed by atoms with van der Waals surface area (Å²) in [5.41, 5.74) is 5.33. The Labute approximate surface area is 236 Å². The third kappa shape index (κ3) is 4.59. The topological polar surface area (TPSA) is 67.6 Å². The van der Waals surface area contributed by atoms with Gasteiger partial charge in [-0.3, -0.25) is 9.47 Å². The number of aromatic nitrogens is 3. The van der Waals surface area contributed by atoms with Gasteiger partial charge < -0.3 is 24.1 Å². The molecule has 1 saturated heterocycles. The Morgan fingerprint density at radius 1 is 1.16 bits per heavy atom. The number of halogens is 1. The molecular formula is C29H33BrN4O3S. The molecular weight excluding hydrogens is 564 g/mol. The second-order valence-electron chi connectivity index (χ2n) is 10.4. The molecule has 2 N–H and O–H groups in total. The molecule has 9 heteroatoms. The van der Waals surface area contributed by atoms with E-state index in [1.165, 1.54) is 5.56 Å². The highest BCUT2D eigenvalue weighted by Gasteiger charge is 2.34. The lowest BCUT2D eigenvalue weighted by Gasteiger charge is -2.27. The molecule has 0 radical (unpaired) electrons. The number of nitrogens with one attached hydrogen (secondary N) is 1. The summed E-state index contributed by atoms with van der Waals surface area (Å²) in [5, 5.41) is 12.4. The predicted octanol–water partition coefficient (Wildman–Crippen LogP) is 6.19. The van der Waals surface area contributed by atoms with E-state index in [4.69, 9.17) is 21.7 Å². The van der Waals surface area contributed by atoms with E-state index in [1.54, 1.807) is 0 Å². The van der Waals surface area contributed by atoms with E-state index in [9.17, 15) is 5.11 Å². The lowest BCUT2D eigenvalue weighted by atomic mass is 9.93. The Kier molecular flexibility index (Phi) is 7.11. The van der Waals surface area contributed by atoms with Gasteiger partial charge in [0.25, 0.3) is 0 Å². The van der Waals surface area contributed by atoms with E-state index in [-0.39, 0.29) is 18.0 Å². The summed E-state index contributed by atoms with van der Waals surface area (Å²) in [4.78, 5) is 6.11. The Morgan fingerprint density at radius 3 is 2.66 bits per heavy atom. The Bertz CT molecular complexity index is 1520. The molecule has 0 saturated carbocycles. The SMILES string of the molecule is CC(C)n1c(O)c2n(c1=S)C(c1ccc(OCCCN3CCOCC3)cc1)c1[nH]c3ccc(Br)cc3c1C2. The van der Waals surface area contributed by atoms with Crippen molar-refractivity contribution in [2.45, 2.75) is 38.8 Å². The van der Waals surface area contributed by atoms with Crippen LogP contribution < -0.4 is 4.74 Å². The van der Waals surface area contributed by atoms with Crippen LogP contribution in [0.15, 0.2) is 46.9 Å². The fraction of sp³-hybridized carbons (Fsp3) is 0.414. The molecule has 0 aliphatic carbocycles. The normalized spacial score (nSPS) is 17.6. The number of nitrogens with zero attached hydrogens (tertiary/aromatic N) is 3. The molecule has 2 aromatic carbocycles. The van der Waals surface area contributed by atoms with E-state index >= 15 is 0 Å². The van der Waals surface area contributed by atoms with E-state index in [0.717, 1.165) is 77.3 Å². The van der Waals surface area contributed by atoms with Crippen LogP contribution in [-0.4, -0.2) is 63.6 Å². The number of hydrogen-bond donors (Lipinski definition) is 2. The molecule has 1 unspecified atom stereocenters. The van der Waals surface area contributed by atoms with Gasteiger partial charge in [-0.1, -0.05) is 28.1 Å². The van der Waals surface area contributed by atoms with Gasteiger partial charge in [0.1, 0.15) is 11.8 Å². The first-order chi connectivity index (χ1) is 18.4. The molecule has 200 valence electrons. The Hall–Kier alpha value is -2.59. The van der Waals surface area contributed by atoms with Crippen LogP contribution in [0.1, 0.15) is 54.9 Å². The highest BCUT2D eigenvalue weighted by atomic mass is 79.9. The number of imidazole rings is 1. The molecule has 2 aromatic heterocycles. The number of rotatable bonds is 7. The average Bonchev–Trinajstić information content (AvgIpc) is 3.40. The molecule has 0 amide bonds. The van der Waals surface area contributed by atoms with E-state index in [1.807, 2.05) is 36.6 Å². The quantitative estimate of drug-likeness (QED) is 0.173. The minimum Gasteiger partial charge on any atom is -0.494 e. The highest BCUT2D eigenvalue weighted by Crippen LogP contribution is 2.44. The zero-order valence-corrected chi connectivity index (χ0v) is 24.1. The third-order valence-corrected chi connectivity index (χ3v) is 8.56. The second kappa shape index (κ2) is 10.5. The number of fused-ring (bicyclic) bond motifs is 4. The van der Waals surface area contributed by atoms with Crippen molar-refractivity contribution in [2.24, 2.45) is 0 Å². The molecule has 4 aromatic rings. The zero-order chi connectivity index (χ0) is 26.4. The summed E-state index contributed by atoms with van der Waals surface area (Å²) in [6.45, 7) is 9.46. The fourth-order valence-corrected chi connectivity index (χ4v) is 6.67. The van der Waals surface area contributed by atoms with Crippen molar-refractivity contribution in [1.29, 1.82) is 0 Å². The van der Waals surface area contributed by atoms with E-state index < -0.39 is 0 Å². The molecule has 0 bridgehead atoms. The van der Waals surface area contributed by atoms with Crippen LogP contribution in [0.25, 0.3) is 10.9 Å². The predicted molar refractivity (Wildman–Crippen MR) is 155 cm³/mol. The molecule has 2 aliphatic heterocycles. The molecule has 4 heterocycles. The van der Waals surface area contributed by atoms with Gasteiger partial charge in [0.15, 0.2) is 4.77 Å². The van der Waals surface area contributed by atoms with Crippen LogP contribution in [0.4, 0.5) is 0 Å². The Morgan fingerprint density at radius 2 is 1.92 bits per heavy atom. The number of aromatic hydroxyl groups is 1. The van der Waals surface area contributed by atoms with Crippen molar-refractivity contribution in [3.8, 4) is 11.6 Å². The summed E-state index contributed by atoms with van der Waals surface area (Å²) in [6, 6.07) is 14.5. The molecule has 0 spiro atoms. The van der Waals surface area contributed by atoms with Crippen LogP contribution in [0, 0.1) is 4.77 Å². The monoisotopic (exact) mass is 596 g/mol. The number of benzene rings is 2. The van der Waals surface area contributed by atoms with Crippen molar-refractivity contribution in [1.82, 2.24) is 19.0 Å². The van der Waals surface area contributed by atoms with Crippen LogP contribution in [0.2, 0.25) is 0 Å². The average molecular weight is 598 g/mol. The third-order valence-electron chi connectivity index (χ3n) is 7.67. The van der Waals surface area contributed by atoms with Crippen LogP contribution in [-0.2, 0) is 11.2 Å². The number of aromatic amines is 1. The molecule has 1 atom stereocenters. The van der Waals surface area contributed by atoms with Crippen LogP contribution in [0.3, 0.4) is 0 Å². The van der Waals surface area contributed by atoms with E-state index in [0.29, 0.717) is 17.8 Å². The first-order valence-corrected chi connectivity index (χ1v) is 14.5. The summed E-state index contributed by atoms with van der Waals surface area (Å²) in [5.74, 6) is 1.11.